The summed E-state index contributed by atoms with van der Waals surface area (Å²) in [5, 5.41) is 8.28. The van der Waals surface area contributed by atoms with Crippen molar-refractivity contribution in [2.24, 2.45) is 5.73 Å². The van der Waals surface area contributed by atoms with E-state index in [1.54, 1.807) is 0 Å². The number of halogens is 3. The number of hydrogen-bond acceptors (Lipinski definition) is 3. The average molecular weight is 190 g/mol. The fraction of sp³-hybridized carbons (Fsp3) is 0.286. The molecule has 0 saturated heterocycles. The van der Waals surface area contributed by atoms with Gasteiger partial charge in [0.15, 0.2) is 0 Å². The van der Waals surface area contributed by atoms with E-state index in [0.717, 1.165) is 6.07 Å². The Labute approximate surface area is 71.5 Å². The van der Waals surface area contributed by atoms with Crippen LogP contribution in [0.2, 0.25) is 0 Å². The van der Waals surface area contributed by atoms with E-state index in [1.165, 1.54) is 6.07 Å². The summed E-state index contributed by atoms with van der Waals surface area (Å²) >= 11 is 0. The van der Waals surface area contributed by atoms with Crippen LogP contribution in [0.25, 0.3) is 0 Å². The predicted octanol–water partition coefficient (Wildman–Crippen LogP) is 1.63. The minimum absolute atomic E-state index is 0.205. The lowest BCUT2D eigenvalue weighted by molar-refractivity contribution is -0.153. The highest BCUT2D eigenvalue weighted by Crippen LogP contribution is 2.33. The van der Waals surface area contributed by atoms with Gasteiger partial charge in [0.1, 0.15) is 6.07 Å². The smallest absolute Gasteiger partial charge is 0.441 e. The zero-order valence-electron chi connectivity index (χ0n) is 6.35. The summed E-state index contributed by atoms with van der Waals surface area (Å²) in [4.78, 5) is 0. The number of rotatable bonds is 1. The molecule has 0 bridgehead atoms. The van der Waals surface area contributed by atoms with E-state index in [2.05, 4.69) is 4.42 Å². The molecule has 1 heterocycles. The van der Waals surface area contributed by atoms with Crippen LogP contribution < -0.4 is 5.73 Å². The van der Waals surface area contributed by atoms with E-state index in [4.69, 9.17) is 11.0 Å². The summed E-state index contributed by atoms with van der Waals surface area (Å²) in [6.45, 7) is -0.306. The number of alkyl halides is 3. The minimum atomic E-state index is -4.59. The fourth-order valence-electron chi connectivity index (χ4n) is 0.875. The number of hydrogen-bond donors (Lipinski definition) is 1. The first-order valence-electron chi connectivity index (χ1n) is 3.29. The van der Waals surface area contributed by atoms with Crippen LogP contribution in [0.3, 0.4) is 0 Å². The van der Waals surface area contributed by atoms with Crippen molar-refractivity contribution < 1.29 is 17.6 Å². The summed E-state index contributed by atoms with van der Waals surface area (Å²) in [7, 11) is 0. The quantitative estimate of drug-likeness (QED) is 0.731. The van der Waals surface area contributed by atoms with Crippen molar-refractivity contribution in [3.8, 4) is 6.07 Å². The van der Waals surface area contributed by atoms with Gasteiger partial charge in [0.25, 0.3) is 0 Å². The van der Waals surface area contributed by atoms with E-state index in [-0.39, 0.29) is 17.9 Å². The molecule has 0 radical (unpaired) electrons. The van der Waals surface area contributed by atoms with Crippen molar-refractivity contribution in [1.29, 1.82) is 5.26 Å². The average Bonchev–Trinajstić information content (AvgIpc) is 2.46. The summed E-state index contributed by atoms with van der Waals surface area (Å²) in [6.07, 6.45) is -4.59. The van der Waals surface area contributed by atoms with Crippen LogP contribution in [0.15, 0.2) is 10.5 Å². The summed E-state index contributed by atoms with van der Waals surface area (Å²) in [6, 6.07) is 2.46. The first-order chi connectivity index (χ1) is 5.99. The lowest BCUT2D eigenvalue weighted by atomic mass is 10.2. The van der Waals surface area contributed by atoms with Gasteiger partial charge in [-0.05, 0) is 6.07 Å². The molecule has 2 N–H and O–H groups in total. The van der Waals surface area contributed by atoms with Gasteiger partial charge in [-0.15, -0.1) is 0 Å². The van der Waals surface area contributed by atoms with Crippen LogP contribution in [0.5, 0.6) is 0 Å². The molecule has 0 amide bonds. The number of nitrogens with two attached hydrogens (primary N) is 1. The maximum atomic E-state index is 12.1. The Balaban J connectivity index is 3.21. The van der Waals surface area contributed by atoms with E-state index >= 15 is 0 Å². The monoisotopic (exact) mass is 190 g/mol. The number of nitriles is 1. The maximum Gasteiger partial charge on any atom is 0.449 e. The lowest BCUT2D eigenvalue weighted by Crippen LogP contribution is -2.08. The molecule has 6 heteroatoms. The second-order valence-corrected chi connectivity index (χ2v) is 2.28. The minimum Gasteiger partial charge on any atom is -0.441 e. The molecule has 0 aromatic carbocycles. The molecule has 1 aromatic rings. The Morgan fingerprint density at radius 2 is 2.15 bits per heavy atom. The Hall–Kier alpha value is -1.48. The van der Waals surface area contributed by atoms with Gasteiger partial charge in [-0.2, -0.15) is 18.4 Å². The van der Waals surface area contributed by atoms with E-state index in [1.807, 2.05) is 0 Å². The van der Waals surface area contributed by atoms with Gasteiger partial charge >= 0.3 is 6.18 Å². The van der Waals surface area contributed by atoms with Crippen LogP contribution in [0, 0.1) is 11.3 Å². The van der Waals surface area contributed by atoms with Crippen molar-refractivity contribution in [2.75, 3.05) is 0 Å². The van der Waals surface area contributed by atoms with E-state index < -0.39 is 11.9 Å². The molecule has 13 heavy (non-hydrogen) atoms. The van der Waals surface area contributed by atoms with Gasteiger partial charge < -0.3 is 10.2 Å². The van der Waals surface area contributed by atoms with Crippen molar-refractivity contribution in [2.45, 2.75) is 12.7 Å². The van der Waals surface area contributed by atoms with Gasteiger partial charge in [0.05, 0.1) is 0 Å². The van der Waals surface area contributed by atoms with Crippen LogP contribution in [-0.4, -0.2) is 0 Å². The Morgan fingerprint density at radius 1 is 1.54 bits per heavy atom. The largest absolute Gasteiger partial charge is 0.449 e. The highest BCUT2D eigenvalue weighted by Gasteiger charge is 2.37. The van der Waals surface area contributed by atoms with Gasteiger partial charge in [-0.3, -0.25) is 0 Å². The van der Waals surface area contributed by atoms with Crippen molar-refractivity contribution >= 4 is 0 Å². The Kier molecular flexibility index (Phi) is 2.30. The third-order valence-electron chi connectivity index (χ3n) is 1.40. The van der Waals surface area contributed by atoms with Crippen LogP contribution in [-0.2, 0) is 12.7 Å². The zero-order valence-corrected chi connectivity index (χ0v) is 6.35. The van der Waals surface area contributed by atoms with Gasteiger partial charge in [0, 0.05) is 12.1 Å². The zero-order chi connectivity index (χ0) is 10.1. The summed E-state index contributed by atoms with van der Waals surface area (Å²) in [5.41, 5.74) is 4.84. The molecule has 0 atom stereocenters. The van der Waals surface area contributed by atoms with Crippen LogP contribution in [0.4, 0.5) is 13.2 Å². The second-order valence-electron chi connectivity index (χ2n) is 2.28. The molecule has 70 valence electrons. The molecule has 0 saturated carbocycles. The van der Waals surface area contributed by atoms with E-state index in [9.17, 15) is 13.2 Å². The van der Waals surface area contributed by atoms with Crippen molar-refractivity contribution in [3.63, 3.8) is 0 Å². The van der Waals surface area contributed by atoms with Gasteiger partial charge in [-0.1, -0.05) is 0 Å². The molecule has 0 aliphatic heterocycles. The Morgan fingerprint density at radius 3 is 2.46 bits per heavy atom. The molecule has 1 rings (SSSR count). The molecule has 0 fully saturated rings. The normalized spacial score (nSPS) is 11.3. The van der Waals surface area contributed by atoms with Crippen molar-refractivity contribution in [1.82, 2.24) is 0 Å². The fourth-order valence-corrected chi connectivity index (χ4v) is 0.875. The number of furan rings is 1. The van der Waals surface area contributed by atoms with Crippen molar-refractivity contribution in [3.05, 3.63) is 23.2 Å². The molecule has 0 spiro atoms. The first-order valence-corrected chi connectivity index (χ1v) is 3.29. The summed E-state index contributed by atoms with van der Waals surface area (Å²) < 4.78 is 40.6. The molecular formula is C7H5F3N2O. The second kappa shape index (κ2) is 3.11. The Bertz CT molecular complexity index is 348. The van der Waals surface area contributed by atoms with Crippen LogP contribution >= 0.6 is 0 Å². The molecule has 1 aromatic heterocycles. The van der Waals surface area contributed by atoms with Gasteiger partial charge in [-0.25, -0.2) is 0 Å². The SMILES string of the molecule is N#Cc1cc(CN)c(C(F)(F)F)o1. The third-order valence-corrected chi connectivity index (χ3v) is 1.40. The molecule has 0 aliphatic rings. The summed E-state index contributed by atoms with van der Waals surface area (Å²) in [5.74, 6) is -1.57. The van der Waals surface area contributed by atoms with Crippen LogP contribution in [0.1, 0.15) is 17.1 Å². The third kappa shape index (κ3) is 1.81. The molecule has 0 aliphatic carbocycles. The predicted molar refractivity (Wildman–Crippen MR) is 36.3 cm³/mol. The number of nitrogens with zero attached hydrogens (tertiary/aromatic N) is 1. The standard InChI is InChI=1S/C7H5F3N2O/c8-7(9,10)6-4(2-11)1-5(3-12)13-6/h1H,2,11H2. The lowest BCUT2D eigenvalue weighted by Gasteiger charge is -2.03. The molecule has 0 unspecified atom stereocenters. The van der Waals surface area contributed by atoms with Gasteiger partial charge in [0.2, 0.25) is 11.5 Å². The molecular weight excluding hydrogens is 185 g/mol. The maximum absolute atomic E-state index is 12.1. The highest BCUT2D eigenvalue weighted by atomic mass is 19.4. The first kappa shape index (κ1) is 9.61. The highest BCUT2D eigenvalue weighted by molar-refractivity contribution is 5.29. The van der Waals surface area contributed by atoms with E-state index in [0.29, 0.717) is 0 Å². The molecule has 3 nitrogen and oxygen atoms in total. The topological polar surface area (TPSA) is 63.0 Å².